The summed E-state index contributed by atoms with van der Waals surface area (Å²) >= 11 is 0. The van der Waals surface area contributed by atoms with Crippen LogP contribution in [0.3, 0.4) is 0 Å². The summed E-state index contributed by atoms with van der Waals surface area (Å²) in [7, 11) is 0. The van der Waals surface area contributed by atoms with Gasteiger partial charge in [0, 0.05) is 31.9 Å². The van der Waals surface area contributed by atoms with Crippen molar-refractivity contribution in [1.82, 2.24) is 4.90 Å². The van der Waals surface area contributed by atoms with Crippen LogP contribution in [-0.2, 0) is 6.42 Å². The fourth-order valence-corrected chi connectivity index (χ4v) is 3.65. The number of piperazine rings is 1. The van der Waals surface area contributed by atoms with Crippen molar-refractivity contribution in [2.24, 2.45) is 0 Å². The Kier molecular flexibility index (Phi) is 5.35. The second kappa shape index (κ2) is 7.65. The van der Waals surface area contributed by atoms with Crippen LogP contribution in [0.1, 0.15) is 23.1 Å². The Morgan fingerprint density at radius 2 is 1.43 bits per heavy atom. The van der Waals surface area contributed by atoms with E-state index < -0.39 is 0 Å². The Morgan fingerprint density at radius 1 is 0.783 bits per heavy atom. The number of para-hydroxylation sites is 1. The van der Waals surface area contributed by atoms with E-state index in [2.05, 4.69) is 72.2 Å². The summed E-state index contributed by atoms with van der Waals surface area (Å²) in [5, 5.41) is 0. The maximum Gasteiger partial charge on any atom is 0.0426 e. The van der Waals surface area contributed by atoms with Gasteiger partial charge in [-0.25, -0.2) is 0 Å². The van der Waals surface area contributed by atoms with E-state index in [0.717, 1.165) is 13.1 Å². The molecule has 1 saturated heterocycles. The molecule has 2 aromatic carbocycles. The van der Waals surface area contributed by atoms with Gasteiger partial charge in [-0.05, 0) is 49.9 Å². The average molecular weight is 308 g/mol. The first-order chi connectivity index (χ1) is 11.2. The molecular formula is C21H28N2. The molecule has 0 spiro atoms. The molecule has 0 radical (unpaired) electrons. The molecule has 0 aliphatic carbocycles. The molecule has 1 heterocycles. The standard InChI is InChI=1S/C21H28N2/c1-18-8-6-9-19(2)21(18)23-16-14-22(15-17-23)13-7-12-20-10-4-3-5-11-20/h3-6,8-11H,7,12-17H2,1-2H3. The summed E-state index contributed by atoms with van der Waals surface area (Å²) in [6.45, 7) is 10.3. The molecule has 3 rings (SSSR count). The van der Waals surface area contributed by atoms with Crippen LogP contribution < -0.4 is 4.90 Å². The topological polar surface area (TPSA) is 6.48 Å². The van der Waals surface area contributed by atoms with Gasteiger partial charge in [0.05, 0.1) is 0 Å². The highest BCUT2D eigenvalue weighted by atomic mass is 15.3. The SMILES string of the molecule is Cc1cccc(C)c1N1CCN(CCCc2ccccc2)CC1. The number of anilines is 1. The highest BCUT2D eigenvalue weighted by Crippen LogP contribution is 2.25. The predicted molar refractivity (Wildman–Crippen MR) is 99.3 cm³/mol. The number of rotatable bonds is 5. The second-order valence-corrected chi connectivity index (χ2v) is 6.66. The lowest BCUT2D eigenvalue weighted by Gasteiger charge is -2.37. The van der Waals surface area contributed by atoms with Gasteiger partial charge < -0.3 is 4.90 Å². The molecule has 0 unspecified atom stereocenters. The summed E-state index contributed by atoms with van der Waals surface area (Å²) < 4.78 is 0. The van der Waals surface area contributed by atoms with Crippen molar-refractivity contribution in [2.45, 2.75) is 26.7 Å². The molecule has 122 valence electrons. The third-order valence-electron chi connectivity index (χ3n) is 4.91. The molecule has 0 atom stereocenters. The number of nitrogens with zero attached hydrogens (tertiary/aromatic N) is 2. The Labute approximate surface area is 140 Å². The Morgan fingerprint density at radius 3 is 2.09 bits per heavy atom. The molecule has 1 fully saturated rings. The molecule has 0 aromatic heterocycles. The smallest absolute Gasteiger partial charge is 0.0426 e. The van der Waals surface area contributed by atoms with Gasteiger partial charge in [0.15, 0.2) is 0 Å². The summed E-state index contributed by atoms with van der Waals surface area (Å²) in [6, 6.07) is 17.5. The van der Waals surface area contributed by atoms with Crippen molar-refractivity contribution >= 4 is 5.69 Å². The van der Waals surface area contributed by atoms with E-state index >= 15 is 0 Å². The molecule has 2 aromatic rings. The highest BCUT2D eigenvalue weighted by Gasteiger charge is 2.19. The molecule has 2 nitrogen and oxygen atoms in total. The predicted octanol–water partition coefficient (Wildman–Crippen LogP) is 4.06. The largest absolute Gasteiger partial charge is 0.369 e. The van der Waals surface area contributed by atoms with E-state index in [1.807, 2.05) is 0 Å². The van der Waals surface area contributed by atoms with E-state index in [-0.39, 0.29) is 0 Å². The number of hydrogen-bond acceptors (Lipinski definition) is 2. The summed E-state index contributed by atoms with van der Waals surface area (Å²) in [6.07, 6.45) is 2.45. The second-order valence-electron chi connectivity index (χ2n) is 6.66. The lowest BCUT2D eigenvalue weighted by molar-refractivity contribution is 0.255. The number of hydrogen-bond donors (Lipinski definition) is 0. The average Bonchev–Trinajstić information content (AvgIpc) is 2.57. The molecule has 1 aliphatic rings. The van der Waals surface area contributed by atoms with Gasteiger partial charge in [-0.15, -0.1) is 0 Å². The van der Waals surface area contributed by atoms with Crippen molar-refractivity contribution in [2.75, 3.05) is 37.6 Å². The molecule has 2 heteroatoms. The van der Waals surface area contributed by atoms with Crippen LogP contribution in [0.2, 0.25) is 0 Å². The van der Waals surface area contributed by atoms with Crippen LogP contribution in [0.15, 0.2) is 48.5 Å². The van der Waals surface area contributed by atoms with E-state index in [9.17, 15) is 0 Å². The zero-order valence-corrected chi connectivity index (χ0v) is 14.5. The first-order valence-corrected chi connectivity index (χ1v) is 8.81. The lowest BCUT2D eigenvalue weighted by Crippen LogP contribution is -2.47. The fourth-order valence-electron chi connectivity index (χ4n) is 3.65. The molecule has 0 N–H and O–H groups in total. The minimum absolute atomic E-state index is 1.15. The Balaban J connectivity index is 1.47. The molecule has 23 heavy (non-hydrogen) atoms. The Bertz CT molecular complexity index is 593. The summed E-state index contributed by atoms with van der Waals surface area (Å²) in [5.74, 6) is 0. The Hall–Kier alpha value is -1.80. The van der Waals surface area contributed by atoms with Crippen LogP contribution in [0.4, 0.5) is 5.69 Å². The first kappa shape index (κ1) is 16.1. The minimum atomic E-state index is 1.15. The third kappa shape index (κ3) is 4.14. The highest BCUT2D eigenvalue weighted by molar-refractivity contribution is 5.59. The first-order valence-electron chi connectivity index (χ1n) is 8.81. The lowest BCUT2D eigenvalue weighted by atomic mass is 10.1. The normalized spacial score (nSPS) is 15.8. The van der Waals surface area contributed by atoms with Crippen LogP contribution in [0.25, 0.3) is 0 Å². The van der Waals surface area contributed by atoms with Crippen LogP contribution in [-0.4, -0.2) is 37.6 Å². The zero-order valence-electron chi connectivity index (χ0n) is 14.5. The van der Waals surface area contributed by atoms with Gasteiger partial charge >= 0.3 is 0 Å². The number of aryl methyl sites for hydroxylation is 3. The van der Waals surface area contributed by atoms with Crippen molar-refractivity contribution in [3.8, 4) is 0 Å². The maximum absolute atomic E-state index is 2.62. The van der Waals surface area contributed by atoms with Crippen LogP contribution in [0, 0.1) is 13.8 Å². The van der Waals surface area contributed by atoms with Gasteiger partial charge in [-0.1, -0.05) is 48.5 Å². The van der Waals surface area contributed by atoms with E-state index in [4.69, 9.17) is 0 Å². The molecule has 0 bridgehead atoms. The summed E-state index contributed by atoms with van der Waals surface area (Å²) in [5.41, 5.74) is 5.73. The van der Waals surface area contributed by atoms with Gasteiger partial charge in [0.1, 0.15) is 0 Å². The van der Waals surface area contributed by atoms with E-state index in [1.165, 1.54) is 54.9 Å². The van der Waals surface area contributed by atoms with Gasteiger partial charge in [-0.3, -0.25) is 4.90 Å². The monoisotopic (exact) mass is 308 g/mol. The van der Waals surface area contributed by atoms with Gasteiger partial charge in [-0.2, -0.15) is 0 Å². The molecular weight excluding hydrogens is 280 g/mol. The van der Waals surface area contributed by atoms with Gasteiger partial charge in [0.25, 0.3) is 0 Å². The fraction of sp³-hybridized carbons (Fsp3) is 0.429. The van der Waals surface area contributed by atoms with Crippen molar-refractivity contribution in [3.63, 3.8) is 0 Å². The van der Waals surface area contributed by atoms with Crippen LogP contribution in [0.5, 0.6) is 0 Å². The maximum atomic E-state index is 2.62. The quantitative estimate of drug-likeness (QED) is 0.822. The molecule has 1 aliphatic heterocycles. The molecule has 0 amide bonds. The molecule has 0 saturated carbocycles. The van der Waals surface area contributed by atoms with Crippen molar-refractivity contribution in [1.29, 1.82) is 0 Å². The van der Waals surface area contributed by atoms with E-state index in [1.54, 1.807) is 0 Å². The van der Waals surface area contributed by atoms with Crippen molar-refractivity contribution < 1.29 is 0 Å². The third-order valence-corrected chi connectivity index (χ3v) is 4.91. The number of benzene rings is 2. The zero-order chi connectivity index (χ0) is 16.1. The van der Waals surface area contributed by atoms with E-state index in [0.29, 0.717) is 0 Å². The van der Waals surface area contributed by atoms with Crippen LogP contribution >= 0.6 is 0 Å². The minimum Gasteiger partial charge on any atom is -0.369 e. The van der Waals surface area contributed by atoms with Gasteiger partial charge in [0.2, 0.25) is 0 Å². The summed E-state index contributed by atoms with van der Waals surface area (Å²) in [4.78, 5) is 5.19. The van der Waals surface area contributed by atoms with Crippen molar-refractivity contribution in [3.05, 3.63) is 65.2 Å².